The van der Waals surface area contributed by atoms with Gasteiger partial charge in [-0.15, -0.1) is 0 Å². The summed E-state index contributed by atoms with van der Waals surface area (Å²) in [5.74, 6) is -0.151. The summed E-state index contributed by atoms with van der Waals surface area (Å²) >= 11 is 0. The second-order valence-corrected chi connectivity index (χ2v) is 3.28. The molecule has 1 aromatic carbocycles. The van der Waals surface area contributed by atoms with Crippen LogP contribution in [0.15, 0.2) is 35.3 Å². The Kier molecular flexibility index (Phi) is 2.25. The Morgan fingerprint density at radius 3 is 2.87 bits per heavy atom. The van der Waals surface area contributed by atoms with E-state index in [2.05, 4.69) is 10.3 Å². The highest BCUT2D eigenvalue weighted by molar-refractivity contribution is 5.92. The van der Waals surface area contributed by atoms with Crippen LogP contribution in [-0.2, 0) is 4.79 Å². The third-order valence-corrected chi connectivity index (χ3v) is 2.08. The lowest BCUT2D eigenvalue weighted by atomic mass is 10.2. The van der Waals surface area contributed by atoms with Gasteiger partial charge in [-0.3, -0.25) is 9.59 Å². The fraction of sp³-hybridized carbons (Fsp3) is 0.0909. The molecule has 2 N–H and O–H groups in total. The maximum absolute atomic E-state index is 11.5. The molecule has 4 nitrogen and oxygen atoms in total. The number of benzene rings is 1. The smallest absolute Gasteiger partial charge is 0.221 e. The number of aromatic nitrogens is 1. The molecule has 0 bridgehead atoms. The van der Waals surface area contributed by atoms with Gasteiger partial charge in [-0.05, 0) is 18.2 Å². The number of amides is 1. The largest absolute Gasteiger partial charge is 0.361 e. The first-order valence-electron chi connectivity index (χ1n) is 4.56. The predicted octanol–water partition coefficient (Wildman–Crippen LogP) is 1.49. The molecule has 0 unspecified atom stereocenters. The van der Waals surface area contributed by atoms with Gasteiger partial charge < -0.3 is 10.3 Å². The van der Waals surface area contributed by atoms with E-state index in [0.717, 1.165) is 5.52 Å². The molecule has 0 fully saturated rings. The van der Waals surface area contributed by atoms with Gasteiger partial charge in [0, 0.05) is 35.8 Å². The Labute approximate surface area is 85.9 Å². The zero-order valence-corrected chi connectivity index (χ0v) is 8.20. The van der Waals surface area contributed by atoms with Crippen molar-refractivity contribution >= 4 is 22.5 Å². The van der Waals surface area contributed by atoms with Gasteiger partial charge in [0.25, 0.3) is 0 Å². The van der Waals surface area contributed by atoms with Crippen LogP contribution in [0.1, 0.15) is 6.92 Å². The molecule has 2 aromatic rings. The number of H-pyrrole nitrogens is 1. The molecule has 0 spiro atoms. The summed E-state index contributed by atoms with van der Waals surface area (Å²) in [5, 5.41) is 3.21. The van der Waals surface area contributed by atoms with E-state index >= 15 is 0 Å². The summed E-state index contributed by atoms with van der Waals surface area (Å²) in [7, 11) is 0. The Morgan fingerprint density at radius 2 is 2.13 bits per heavy atom. The van der Waals surface area contributed by atoms with Crippen LogP contribution in [0.4, 0.5) is 5.69 Å². The number of rotatable bonds is 1. The minimum absolute atomic E-state index is 0.0593. The van der Waals surface area contributed by atoms with Crippen LogP contribution in [-0.4, -0.2) is 10.9 Å². The molecular weight excluding hydrogens is 192 g/mol. The number of hydrogen-bond acceptors (Lipinski definition) is 2. The summed E-state index contributed by atoms with van der Waals surface area (Å²) in [6.07, 6.45) is 1.60. The standard InChI is InChI=1S/C11H10N2O2/c1-7(14)13-8-2-3-10-9(6-8)11(15)4-5-12-10/h2-6H,1H3,(H,12,15)(H,13,14). The minimum atomic E-state index is -0.151. The van der Waals surface area contributed by atoms with Crippen LogP contribution in [0.2, 0.25) is 0 Å². The van der Waals surface area contributed by atoms with Crippen molar-refractivity contribution in [3.63, 3.8) is 0 Å². The Morgan fingerprint density at radius 1 is 1.33 bits per heavy atom. The lowest BCUT2D eigenvalue weighted by molar-refractivity contribution is -0.114. The molecular formula is C11H10N2O2. The second kappa shape index (κ2) is 3.57. The molecule has 1 heterocycles. The first-order chi connectivity index (χ1) is 7.16. The van der Waals surface area contributed by atoms with Crippen molar-refractivity contribution in [2.75, 3.05) is 5.32 Å². The molecule has 4 heteroatoms. The Bertz CT molecular complexity index is 572. The van der Waals surface area contributed by atoms with Crippen LogP contribution >= 0.6 is 0 Å². The highest BCUT2D eigenvalue weighted by Crippen LogP contribution is 2.13. The van der Waals surface area contributed by atoms with E-state index in [4.69, 9.17) is 0 Å². The van der Waals surface area contributed by atoms with Gasteiger partial charge in [0.2, 0.25) is 5.91 Å². The van der Waals surface area contributed by atoms with Crippen molar-refractivity contribution in [2.24, 2.45) is 0 Å². The fourth-order valence-electron chi connectivity index (χ4n) is 1.45. The van der Waals surface area contributed by atoms with E-state index in [-0.39, 0.29) is 11.3 Å². The average Bonchev–Trinajstić information content (AvgIpc) is 2.18. The number of carbonyl (C=O) groups is 1. The van der Waals surface area contributed by atoms with Gasteiger partial charge in [0.1, 0.15) is 0 Å². The lowest BCUT2D eigenvalue weighted by Crippen LogP contribution is -2.07. The summed E-state index contributed by atoms with van der Waals surface area (Å²) in [4.78, 5) is 25.3. The monoisotopic (exact) mass is 202 g/mol. The molecule has 0 saturated heterocycles. The third-order valence-electron chi connectivity index (χ3n) is 2.08. The number of hydrogen-bond donors (Lipinski definition) is 2. The quantitative estimate of drug-likeness (QED) is 0.735. The van der Waals surface area contributed by atoms with Crippen molar-refractivity contribution in [2.45, 2.75) is 6.92 Å². The third kappa shape index (κ3) is 1.88. The fourth-order valence-corrected chi connectivity index (χ4v) is 1.45. The minimum Gasteiger partial charge on any atom is -0.361 e. The molecule has 0 aliphatic rings. The normalized spacial score (nSPS) is 10.2. The summed E-state index contributed by atoms with van der Waals surface area (Å²) in [6.45, 7) is 1.43. The molecule has 0 aliphatic carbocycles. The molecule has 0 atom stereocenters. The van der Waals surface area contributed by atoms with E-state index in [1.165, 1.54) is 13.0 Å². The molecule has 76 valence electrons. The van der Waals surface area contributed by atoms with Gasteiger partial charge in [0.15, 0.2) is 5.43 Å². The summed E-state index contributed by atoms with van der Waals surface area (Å²) in [6, 6.07) is 6.64. The summed E-state index contributed by atoms with van der Waals surface area (Å²) in [5.41, 5.74) is 1.33. The molecule has 2 rings (SSSR count). The lowest BCUT2D eigenvalue weighted by Gasteiger charge is -2.03. The maximum atomic E-state index is 11.5. The zero-order chi connectivity index (χ0) is 10.8. The highest BCUT2D eigenvalue weighted by Gasteiger charge is 2.00. The van der Waals surface area contributed by atoms with E-state index in [1.54, 1.807) is 24.4 Å². The number of nitrogens with one attached hydrogen (secondary N) is 2. The Balaban J connectivity index is 2.59. The van der Waals surface area contributed by atoms with Crippen molar-refractivity contribution in [1.29, 1.82) is 0 Å². The zero-order valence-electron chi connectivity index (χ0n) is 8.20. The van der Waals surface area contributed by atoms with Gasteiger partial charge >= 0.3 is 0 Å². The van der Waals surface area contributed by atoms with Crippen LogP contribution in [0.3, 0.4) is 0 Å². The molecule has 15 heavy (non-hydrogen) atoms. The average molecular weight is 202 g/mol. The predicted molar refractivity (Wildman–Crippen MR) is 58.9 cm³/mol. The van der Waals surface area contributed by atoms with Crippen molar-refractivity contribution in [3.8, 4) is 0 Å². The highest BCUT2D eigenvalue weighted by atomic mass is 16.1. The van der Waals surface area contributed by atoms with Gasteiger partial charge in [-0.1, -0.05) is 0 Å². The van der Waals surface area contributed by atoms with E-state index < -0.39 is 0 Å². The van der Waals surface area contributed by atoms with Crippen LogP contribution in [0.25, 0.3) is 10.9 Å². The molecule has 0 aliphatic heterocycles. The SMILES string of the molecule is CC(=O)Nc1ccc2[nH]ccc(=O)c2c1. The van der Waals surface area contributed by atoms with Crippen LogP contribution < -0.4 is 10.7 Å². The van der Waals surface area contributed by atoms with Gasteiger partial charge in [-0.2, -0.15) is 0 Å². The van der Waals surface area contributed by atoms with Crippen LogP contribution in [0.5, 0.6) is 0 Å². The molecule has 0 radical (unpaired) electrons. The topological polar surface area (TPSA) is 62.0 Å². The van der Waals surface area contributed by atoms with Crippen molar-refractivity contribution in [3.05, 3.63) is 40.7 Å². The van der Waals surface area contributed by atoms with Gasteiger partial charge in [0.05, 0.1) is 0 Å². The molecule has 1 amide bonds. The van der Waals surface area contributed by atoms with E-state index in [0.29, 0.717) is 11.1 Å². The number of pyridine rings is 1. The first kappa shape index (κ1) is 9.45. The Hall–Kier alpha value is -2.10. The first-order valence-corrected chi connectivity index (χ1v) is 4.56. The molecule has 0 saturated carbocycles. The second-order valence-electron chi connectivity index (χ2n) is 3.28. The molecule has 1 aromatic heterocycles. The number of aromatic amines is 1. The van der Waals surface area contributed by atoms with E-state index in [9.17, 15) is 9.59 Å². The number of carbonyl (C=O) groups excluding carboxylic acids is 1. The van der Waals surface area contributed by atoms with Crippen molar-refractivity contribution < 1.29 is 4.79 Å². The van der Waals surface area contributed by atoms with Crippen LogP contribution in [0, 0.1) is 0 Å². The van der Waals surface area contributed by atoms with Crippen molar-refractivity contribution in [1.82, 2.24) is 4.98 Å². The van der Waals surface area contributed by atoms with E-state index in [1.807, 2.05) is 0 Å². The number of fused-ring (bicyclic) bond motifs is 1. The number of anilines is 1. The summed E-state index contributed by atoms with van der Waals surface area (Å²) < 4.78 is 0. The maximum Gasteiger partial charge on any atom is 0.221 e. The van der Waals surface area contributed by atoms with Gasteiger partial charge in [-0.25, -0.2) is 0 Å².